The molecule has 0 aliphatic carbocycles. The third kappa shape index (κ3) is 9.82. The number of hydrogen-bond acceptors (Lipinski definition) is 1. The Morgan fingerprint density at radius 2 is 1.65 bits per heavy atom. The van der Waals surface area contributed by atoms with Crippen LogP contribution >= 0.6 is 0 Å². The minimum absolute atomic E-state index is 0.00975. The molecule has 1 unspecified atom stereocenters. The molecule has 0 heterocycles. The minimum Gasteiger partial charge on any atom is -0.478 e. The Kier molecular flexibility index (Phi) is 12.3. The molecule has 0 aliphatic rings. The van der Waals surface area contributed by atoms with Crippen LogP contribution in [0.5, 0.6) is 0 Å². The fourth-order valence-electron chi connectivity index (χ4n) is 2.29. The Labute approximate surface area is 125 Å². The normalized spacial score (nSPS) is 12.7. The fourth-order valence-corrected chi connectivity index (χ4v) is 2.29. The second-order valence-electron chi connectivity index (χ2n) is 5.56. The van der Waals surface area contributed by atoms with Crippen LogP contribution in [0.3, 0.4) is 0 Å². The molecule has 0 radical (unpaired) electrons. The standard InChI is InChI=1S/C18H32O2/c1-4-6-8-10-11-13-15-17(16(3)18(19)20)14-12-9-7-5-2/h13,15,17H,3-12,14H2,1-2H3,(H,19,20)/b15-13-. The molecular formula is C18H32O2. The van der Waals surface area contributed by atoms with Crippen molar-refractivity contribution in [1.29, 1.82) is 0 Å². The minimum atomic E-state index is -0.860. The summed E-state index contributed by atoms with van der Waals surface area (Å²) in [5.41, 5.74) is 0.339. The third-order valence-electron chi connectivity index (χ3n) is 3.68. The van der Waals surface area contributed by atoms with Gasteiger partial charge in [-0.3, -0.25) is 0 Å². The maximum absolute atomic E-state index is 11.1. The van der Waals surface area contributed by atoms with E-state index in [-0.39, 0.29) is 5.92 Å². The van der Waals surface area contributed by atoms with Gasteiger partial charge in [-0.05, 0) is 19.3 Å². The van der Waals surface area contributed by atoms with Gasteiger partial charge < -0.3 is 5.11 Å². The van der Waals surface area contributed by atoms with Gasteiger partial charge in [-0.25, -0.2) is 4.79 Å². The predicted molar refractivity (Wildman–Crippen MR) is 86.9 cm³/mol. The van der Waals surface area contributed by atoms with Crippen molar-refractivity contribution in [3.05, 3.63) is 24.3 Å². The molecule has 0 aromatic carbocycles. The topological polar surface area (TPSA) is 37.3 Å². The molecule has 0 amide bonds. The Morgan fingerprint density at radius 1 is 1.05 bits per heavy atom. The van der Waals surface area contributed by atoms with E-state index < -0.39 is 5.97 Å². The van der Waals surface area contributed by atoms with Gasteiger partial charge in [0.1, 0.15) is 0 Å². The van der Waals surface area contributed by atoms with E-state index in [1.165, 1.54) is 44.9 Å². The van der Waals surface area contributed by atoms with Crippen molar-refractivity contribution in [1.82, 2.24) is 0 Å². The van der Waals surface area contributed by atoms with Gasteiger partial charge in [0.25, 0.3) is 0 Å². The monoisotopic (exact) mass is 280 g/mol. The first-order valence-corrected chi connectivity index (χ1v) is 8.22. The zero-order valence-corrected chi connectivity index (χ0v) is 13.4. The molecular weight excluding hydrogens is 248 g/mol. The van der Waals surface area contributed by atoms with E-state index in [0.29, 0.717) is 5.57 Å². The maximum atomic E-state index is 11.1. The lowest BCUT2D eigenvalue weighted by Crippen LogP contribution is -2.09. The van der Waals surface area contributed by atoms with Crippen molar-refractivity contribution in [2.45, 2.75) is 78.1 Å². The number of carboxylic acids is 1. The Morgan fingerprint density at radius 3 is 2.20 bits per heavy atom. The Hall–Kier alpha value is -1.05. The smallest absolute Gasteiger partial charge is 0.331 e. The van der Waals surface area contributed by atoms with E-state index in [1.807, 2.05) is 0 Å². The summed E-state index contributed by atoms with van der Waals surface area (Å²) >= 11 is 0. The molecule has 0 aliphatic heterocycles. The van der Waals surface area contributed by atoms with Crippen molar-refractivity contribution >= 4 is 5.97 Å². The number of allylic oxidation sites excluding steroid dienone is 2. The van der Waals surface area contributed by atoms with Crippen molar-refractivity contribution in [3.63, 3.8) is 0 Å². The average molecular weight is 280 g/mol. The van der Waals surface area contributed by atoms with E-state index in [1.54, 1.807) is 0 Å². The van der Waals surface area contributed by atoms with Gasteiger partial charge >= 0.3 is 5.97 Å². The molecule has 1 N–H and O–H groups in total. The molecule has 0 bridgehead atoms. The number of rotatable bonds is 13. The van der Waals surface area contributed by atoms with Crippen LogP contribution in [0.25, 0.3) is 0 Å². The van der Waals surface area contributed by atoms with Crippen molar-refractivity contribution in [3.8, 4) is 0 Å². The quantitative estimate of drug-likeness (QED) is 0.265. The molecule has 0 aromatic rings. The van der Waals surface area contributed by atoms with Gasteiger partial charge in [0, 0.05) is 11.5 Å². The highest BCUT2D eigenvalue weighted by atomic mass is 16.4. The zero-order valence-electron chi connectivity index (χ0n) is 13.4. The first-order valence-electron chi connectivity index (χ1n) is 8.22. The Balaban J connectivity index is 4.13. The van der Waals surface area contributed by atoms with Crippen LogP contribution in [0.2, 0.25) is 0 Å². The van der Waals surface area contributed by atoms with Crippen LogP contribution in [-0.2, 0) is 4.79 Å². The molecule has 2 heteroatoms. The largest absolute Gasteiger partial charge is 0.478 e. The highest BCUT2D eigenvalue weighted by Gasteiger charge is 2.14. The first-order chi connectivity index (χ1) is 9.63. The molecule has 0 rings (SSSR count). The predicted octanol–water partition coefficient (Wildman–Crippen LogP) is 5.74. The second kappa shape index (κ2) is 13.0. The summed E-state index contributed by atoms with van der Waals surface area (Å²) in [5.74, 6) is -0.850. The zero-order chi connectivity index (χ0) is 15.2. The second-order valence-corrected chi connectivity index (χ2v) is 5.56. The number of unbranched alkanes of at least 4 members (excludes halogenated alkanes) is 7. The summed E-state index contributed by atoms with van der Waals surface area (Å²) < 4.78 is 0. The highest BCUT2D eigenvalue weighted by molar-refractivity contribution is 5.86. The molecule has 0 saturated carbocycles. The molecule has 0 aromatic heterocycles. The maximum Gasteiger partial charge on any atom is 0.331 e. The Bertz CT molecular complexity index is 292. The van der Waals surface area contributed by atoms with Gasteiger partial charge in [0.05, 0.1) is 0 Å². The van der Waals surface area contributed by atoms with E-state index in [2.05, 4.69) is 32.6 Å². The van der Waals surface area contributed by atoms with Crippen LogP contribution < -0.4 is 0 Å². The summed E-state index contributed by atoms with van der Waals surface area (Å²) in [6.45, 7) is 8.12. The summed E-state index contributed by atoms with van der Waals surface area (Å²) in [5, 5.41) is 9.09. The van der Waals surface area contributed by atoms with Crippen LogP contribution in [0.15, 0.2) is 24.3 Å². The van der Waals surface area contributed by atoms with Gasteiger partial charge in [-0.2, -0.15) is 0 Å². The van der Waals surface area contributed by atoms with Crippen LogP contribution in [0.4, 0.5) is 0 Å². The molecule has 1 atom stereocenters. The number of carboxylic acid groups (broad SMARTS) is 1. The van der Waals surface area contributed by atoms with E-state index in [0.717, 1.165) is 19.3 Å². The first kappa shape index (κ1) is 18.9. The molecule has 0 fully saturated rings. The third-order valence-corrected chi connectivity index (χ3v) is 3.68. The molecule has 2 nitrogen and oxygen atoms in total. The van der Waals surface area contributed by atoms with E-state index in [4.69, 9.17) is 5.11 Å². The highest BCUT2D eigenvalue weighted by Crippen LogP contribution is 2.20. The number of hydrogen-bond donors (Lipinski definition) is 1. The van der Waals surface area contributed by atoms with Crippen molar-refractivity contribution in [2.24, 2.45) is 5.92 Å². The van der Waals surface area contributed by atoms with Crippen molar-refractivity contribution < 1.29 is 9.90 Å². The number of aliphatic carboxylic acids is 1. The molecule has 0 spiro atoms. The lowest BCUT2D eigenvalue weighted by atomic mass is 9.93. The summed E-state index contributed by atoms with van der Waals surface area (Å²) in [7, 11) is 0. The van der Waals surface area contributed by atoms with Crippen LogP contribution in [-0.4, -0.2) is 11.1 Å². The summed E-state index contributed by atoms with van der Waals surface area (Å²) in [4.78, 5) is 11.1. The van der Waals surface area contributed by atoms with Gasteiger partial charge in [-0.1, -0.05) is 77.5 Å². The lowest BCUT2D eigenvalue weighted by Gasteiger charge is -2.12. The summed E-state index contributed by atoms with van der Waals surface area (Å²) in [6, 6.07) is 0. The van der Waals surface area contributed by atoms with Gasteiger partial charge in [0.15, 0.2) is 0 Å². The molecule has 116 valence electrons. The van der Waals surface area contributed by atoms with Crippen LogP contribution in [0.1, 0.15) is 78.1 Å². The molecule has 0 saturated heterocycles. The molecule has 20 heavy (non-hydrogen) atoms. The van der Waals surface area contributed by atoms with Gasteiger partial charge in [0.2, 0.25) is 0 Å². The van der Waals surface area contributed by atoms with Crippen LogP contribution in [0, 0.1) is 5.92 Å². The lowest BCUT2D eigenvalue weighted by molar-refractivity contribution is -0.133. The average Bonchev–Trinajstić information content (AvgIpc) is 2.44. The van der Waals surface area contributed by atoms with Gasteiger partial charge in [-0.15, -0.1) is 0 Å². The van der Waals surface area contributed by atoms with E-state index in [9.17, 15) is 4.79 Å². The summed E-state index contributed by atoms with van der Waals surface area (Å²) in [6.07, 6.45) is 15.9. The SMILES string of the molecule is C=C(C(=O)O)C(/C=C\CCCCCC)CCCCCC. The van der Waals surface area contributed by atoms with Crippen molar-refractivity contribution in [2.75, 3.05) is 0 Å². The fraction of sp³-hybridized carbons (Fsp3) is 0.722. The number of carbonyl (C=O) groups is 1. The van der Waals surface area contributed by atoms with E-state index >= 15 is 0 Å².